The number of aryl methyl sites for hydroxylation is 1. The van der Waals surface area contributed by atoms with Gasteiger partial charge in [-0.05, 0) is 37.3 Å². The van der Waals surface area contributed by atoms with Gasteiger partial charge in [-0.25, -0.2) is 4.98 Å². The largest absolute Gasteiger partial charge is 0.356 e. The molecule has 0 radical (unpaired) electrons. The fourth-order valence-corrected chi connectivity index (χ4v) is 2.75. The Morgan fingerprint density at radius 1 is 1.46 bits per heavy atom. The van der Waals surface area contributed by atoms with Gasteiger partial charge >= 0.3 is 0 Å². The topological polar surface area (TPSA) is 69.6 Å². The van der Waals surface area contributed by atoms with E-state index in [1.54, 1.807) is 13.2 Å². The lowest BCUT2D eigenvalue weighted by Crippen LogP contribution is -2.46. The van der Waals surface area contributed by atoms with Crippen LogP contribution < -0.4 is 10.6 Å². The lowest BCUT2D eigenvalue weighted by atomic mass is 10.0. The molecule has 2 heterocycles. The number of nitrogens with one attached hydrogen (secondary N) is 2. The van der Waals surface area contributed by atoms with Crippen molar-refractivity contribution in [2.75, 3.05) is 32.0 Å². The molecule has 1 amide bonds. The number of hydrogen-bond donors (Lipinski definition) is 2. The van der Waals surface area contributed by atoms with Gasteiger partial charge in [-0.2, -0.15) is 0 Å². The molecule has 1 fully saturated rings. The summed E-state index contributed by atoms with van der Waals surface area (Å²) in [7, 11) is 1.79. The van der Waals surface area contributed by atoms with Crippen molar-refractivity contribution in [2.45, 2.75) is 33.1 Å². The molecule has 1 aromatic heterocycles. The molecule has 0 aromatic carbocycles. The first-order valence-corrected chi connectivity index (χ1v) is 8.26. The highest BCUT2D eigenvalue weighted by atomic mass is 127. The summed E-state index contributed by atoms with van der Waals surface area (Å²) in [5, 5.41) is 6.08. The molecule has 7 heteroatoms. The van der Waals surface area contributed by atoms with Gasteiger partial charge in [0.2, 0.25) is 5.91 Å². The van der Waals surface area contributed by atoms with Crippen LogP contribution in [0.25, 0.3) is 0 Å². The lowest BCUT2D eigenvalue weighted by Gasteiger charge is -2.33. The van der Waals surface area contributed by atoms with Gasteiger partial charge in [0.15, 0.2) is 5.96 Å². The summed E-state index contributed by atoms with van der Waals surface area (Å²) in [4.78, 5) is 22.7. The van der Waals surface area contributed by atoms with Crippen LogP contribution in [0.4, 0.5) is 5.82 Å². The number of aliphatic imine (C=N–C) groups is 1. The Morgan fingerprint density at radius 2 is 2.25 bits per heavy atom. The second-order valence-corrected chi connectivity index (χ2v) is 6.19. The molecular weight excluding hydrogens is 417 g/mol. The minimum atomic E-state index is -0.0451. The van der Waals surface area contributed by atoms with Crippen molar-refractivity contribution < 1.29 is 4.79 Å². The second kappa shape index (κ2) is 10.5. The van der Waals surface area contributed by atoms with Gasteiger partial charge in [-0.15, -0.1) is 24.0 Å². The van der Waals surface area contributed by atoms with Gasteiger partial charge in [0.1, 0.15) is 5.82 Å². The summed E-state index contributed by atoms with van der Waals surface area (Å²) >= 11 is 0. The molecule has 0 spiro atoms. The van der Waals surface area contributed by atoms with Crippen molar-refractivity contribution in [1.82, 2.24) is 15.2 Å². The average molecular weight is 445 g/mol. The molecule has 1 saturated heterocycles. The van der Waals surface area contributed by atoms with Crippen molar-refractivity contribution >= 4 is 41.7 Å². The zero-order valence-corrected chi connectivity index (χ0v) is 17.0. The SMILES string of the molecule is CN=C(NCCC(=O)Nc1ccc(C)cn1)N1CCCC(C)C1.I. The number of likely N-dealkylation sites (tertiary alicyclic amines) is 1. The number of halogens is 1. The Kier molecular flexibility index (Phi) is 9.02. The van der Waals surface area contributed by atoms with Crippen LogP contribution in [0.2, 0.25) is 0 Å². The van der Waals surface area contributed by atoms with Gasteiger partial charge in [-0.1, -0.05) is 13.0 Å². The lowest BCUT2D eigenvalue weighted by molar-refractivity contribution is -0.116. The number of amides is 1. The quantitative estimate of drug-likeness (QED) is 0.425. The van der Waals surface area contributed by atoms with Crippen LogP contribution >= 0.6 is 24.0 Å². The predicted octanol–water partition coefficient (Wildman–Crippen LogP) is 2.64. The smallest absolute Gasteiger partial charge is 0.227 e. The number of guanidine groups is 1. The van der Waals surface area contributed by atoms with Crippen LogP contribution in [0.15, 0.2) is 23.3 Å². The number of aromatic nitrogens is 1. The maximum atomic E-state index is 12.0. The Bertz CT molecular complexity index is 546. The van der Waals surface area contributed by atoms with Gasteiger partial charge in [0, 0.05) is 39.3 Å². The Balaban J connectivity index is 0.00000288. The number of carbonyl (C=O) groups excluding carboxylic acids is 1. The normalized spacial score (nSPS) is 17.9. The predicted molar refractivity (Wildman–Crippen MR) is 109 cm³/mol. The van der Waals surface area contributed by atoms with Crippen LogP contribution in [-0.2, 0) is 4.79 Å². The van der Waals surface area contributed by atoms with Crippen LogP contribution in [0.1, 0.15) is 31.7 Å². The van der Waals surface area contributed by atoms with E-state index in [-0.39, 0.29) is 29.9 Å². The molecular formula is C17H28IN5O. The number of rotatable bonds is 4. The van der Waals surface area contributed by atoms with Crippen molar-refractivity contribution in [3.63, 3.8) is 0 Å². The van der Waals surface area contributed by atoms with Gasteiger partial charge < -0.3 is 15.5 Å². The van der Waals surface area contributed by atoms with E-state index in [4.69, 9.17) is 0 Å². The van der Waals surface area contributed by atoms with Crippen LogP contribution in [0.3, 0.4) is 0 Å². The zero-order valence-electron chi connectivity index (χ0n) is 14.7. The van der Waals surface area contributed by atoms with Gasteiger partial charge in [0.25, 0.3) is 0 Å². The zero-order chi connectivity index (χ0) is 16.7. The molecule has 0 bridgehead atoms. The molecule has 1 aliphatic heterocycles. The first kappa shape index (κ1) is 20.7. The minimum absolute atomic E-state index is 0. The van der Waals surface area contributed by atoms with Crippen molar-refractivity contribution in [3.8, 4) is 0 Å². The maximum Gasteiger partial charge on any atom is 0.227 e. The summed E-state index contributed by atoms with van der Waals surface area (Å²) in [6.45, 7) is 6.86. The number of pyridine rings is 1. The first-order chi connectivity index (χ1) is 11.1. The van der Waals surface area contributed by atoms with Gasteiger partial charge in [-0.3, -0.25) is 9.79 Å². The van der Waals surface area contributed by atoms with E-state index >= 15 is 0 Å². The molecule has 1 aromatic rings. The summed E-state index contributed by atoms with van der Waals surface area (Å²) in [5.41, 5.74) is 1.07. The number of piperidine rings is 1. The highest BCUT2D eigenvalue weighted by molar-refractivity contribution is 14.0. The van der Waals surface area contributed by atoms with E-state index < -0.39 is 0 Å². The van der Waals surface area contributed by atoms with Crippen LogP contribution in [-0.4, -0.2) is 48.4 Å². The third-order valence-electron chi connectivity index (χ3n) is 3.98. The summed E-state index contributed by atoms with van der Waals surface area (Å²) in [5.74, 6) is 2.13. The summed E-state index contributed by atoms with van der Waals surface area (Å²) < 4.78 is 0. The molecule has 1 atom stereocenters. The molecule has 24 heavy (non-hydrogen) atoms. The van der Waals surface area contributed by atoms with Gasteiger partial charge in [0.05, 0.1) is 0 Å². The molecule has 2 rings (SSSR count). The fourth-order valence-electron chi connectivity index (χ4n) is 2.75. The third-order valence-corrected chi connectivity index (χ3v) is 3.98. The van der Waals surface area contributed by atoms with E-state index in [0.29, 0.717) is 24.7 Å². The molecule has 0 aliphatic carbocycles. The van der Waals surface area contributed by atoms with Crippen LogP contribution in [0, 0.1) is 12.8 Å². The molecule has 0 saturated carbocycles. The minimum Gasteiger partial charge on any atom is -0.356 e. The van der Waals surface area contributed by atoms with Crippen molar-refractivity contribution in [3.05, 3.63) is 23.9 Å². The van der Waals surface area contributed by atoms with Crippen molar-refractivity contribution in [2.24, 2.45) is 10.9 Å². The Labute approximate surface area is 161 Å². The highest BCUT2D eigenvalue weighted by Crippen LogP contribution is 2.15. The maximum absolute atomic E-state index is 12.0. The number of nitrogens with zero attached hydrogens (tertiary/aromatic N) is 3. The molecule has 1 unspecified atom stereocenters. The average Bonchev–Trinajstić information content (AvgIpc) is 2.54. The second-order valence-electron chi connectivity index (χ2n) is 6.19. The first-order valence-electron chi connectivity index (χ1n) is 8.26. The molecule has 1 aliphatic rings. The van der Waals surface area contributed by atoms with E-state index in [2.05, 4.69) is 32.4 Å². The van der Waals surface area contributed by atoms with E-state index in [1.165, 1.54) is 12.8 Å². The van der Waals surface area contributed by atoms with E-state index in [9.17, 15) is 4.79 Å². The summed E-state index contributed by atoms with van der Waals surface area (Å²) in [6.07, 6.45) is 4.60. The van der Waals surface area contributed by atoms with Crippen LogP contribution in [0.5, 0.6) is 0 Å². The number of carbonyl (C=O) groups is 1. The highest BCUT2D eigenvalue weighted by Gasteiger charge is 2.19. The number of hydrogen-bond acceptors (Lipinski definition) is 3. The molecule has 6 nitrogen and oxygen atoms in total. The number of anilines is 1. The molecule has 2 N–H and O–H groups in total. The standard InChI is InChI=1S/C17H27N5O.HI/c1-13-6-7-15(20-11-13)21-16(23)8-9-19-17(18-3)22-10-4-5-14(2)12-22;/h6-7,11,14H,4-5,8-10,12H2,1-3H3,(H,18,19)(H,20,21,23);1H. The van der Waals surface area contributed by atoms with E-state index in [1.807, 2.05) is 19.1 Å². The van der Waals surface area contributed by atoms with Crippen molar-refractivity contribution in [1.29, 1.82) is 0 Å². The third kappa shape index (κ3) is 6.62. The summed E-state index contributed by atoms with van der Waals surface area (Å²) in [6, 6.07) is 3.74. The fraction of sp³-hybridized carbons (Fsp3) is 0.588. The Hall–Kier alpha value is -1.38. The monoisotopic (exact) mass is 445 g/mol. The van der Waals surface area contributed by atoms with E-state index in [0.717, 1.165) is 24.6 Å². The molecule has 134 valence electrons. The Morgan fingerprint density at radius 3 is 2.88 bits per heavy atom.